The van der Waals surface area contributed by atoms with Gasteiger partial charge in [-0.1, -0.05) is 85.5 Å². The maximum Gasteiger partial charge on any atom is 0.305 e. The van der Waals surface area contributed by atoms with Gasteiger partial charge in [0.2, 0.25) is 0 Å². The summed E-state index contributed by atoms with van der Waals surface area (Å²) in [6.45, 7) is 9.70. The average Bonchev–Trinajstić information content (AvgIpc) is 2.44. The van der Waals surface area contributed by atoms with E-state index in [0.29, 0.717) is 13.0 Å². The molecule has 0 aliphatic heterocycles. The molecular formula is C20H40O2. The van der Waals surface area contributed by atoms with E-state index in [9.17, 15) is 4.79 Å². The van der Waals surface area contributed by atoms with E-state index in [1.807, 2.05) is 0 Å². The maximum absolute atomic E-state index is 11.6. The number of hydrogen-bond acceptors (Lipinski definition) is 2. The van der Waals surface area contributed by atoms with Gasteiger partial charge in [0.15, 0.2) is 0 Å². The van der Waals surface area contributed by atoms with Crippen LogP contribution in [0.5, 0.6) is 0 Å². The fourth-order valence-corrected chi connectivity index (χ4v) is 2.62. The zero-order chi connectivity index (χ0) is 16.6. The third-order valence-electron chi connectivity index (χ3n) is 4.10. The van der Waals surface area contributed by atoms with E-state index in [-0.39, 0.29) is 5.97 Å². The number of ether oxygens (including phenoxy) is 1. The Balaban J connectivity index is 3.19. The highest BCUT2D eigenvalue weighted by Gasteiger charge is 2.03. The fraction of sp³-hybridized carbons (Fsp3) is 0.950. The minimum Gasteiger partial charge on any atom is -0.466 e. The van der Waals surface area contributed by atoms with Crippen LogP contribution in [0.4, 0.5) is 0 Å². The van der Waals surface area contributed by atoms with Crippen LogP contribution in [-0.2, 0) is 9.53 Å². The molecule has 0 saturated carbocycles. The Labute approximate surface area is 139 Å². The first-order chi connectivity index (χ1) is 10.5. The topological polar surface area (TPSA) is 26.3 Å². The summed E-state index contributed by atoms with van der Waals surface area (Å²) in [4.78, 5) is 11.6. The highest BCUT2D eigenvalue weighted by molar-refractivity contribution is 5.69. The standard InChI is InChI=1S/C20H40O2/c1-18(2)14-10-7-5-6-8-12-16-20(21)22-17-13-9-11-15-19(3)4/h18-19H,5-17H2,1-4H3. The van der Waals surface area contributed by atoms with Crippen molar-refractivity contribution in [2.24, 2.45) is 11.8 Å². The minimum atomic E-state index is 0.00340. The number of rotatable bonds is 15. The monoisotopic (exact) mass is 312 g/mol. The Morgan fingerprint density at radius 2 is 1.14 bits per heavy atom. The van der Waals surface area contributed by atoms with Crippen molar-refractivity contribution in [1.29, 1.82) is 0 Å². The Kier molecular flexibility index (Phi) is 15.0. The molecule has 22 heavy (non-hydrogen) atoms. The normalized spacial score (nSPS) is 11.4. The molecule has 132 valence electrons. The van der Waals surface area contributed by atoms with Crippen LogP contribution in [0.15, 0.2) is 0 Å². The quantitative estimate of drug-likeness (QED) is 0.254. The first kappa shape index (κ1) is 21.5. The summed E-state index contributed by atoms with van der Waals surface area (Å²) in [7, 11) is 0. The van der Waals surface area contributed by atoms with Crippen molar-refractivity contribution in [3.63, 3.8) is 0 Å². The van der Waals surface area contributed by atoms with Gasteiger partial charge in [0.1, 0.15) is 0 Å². The molecule has 0 rings (SSSR count). The molecular weight excluding hydrogens is 272 g/mol. The molecule has 0 aromatic heterocycles. The second-order valence-electron chi connectivity index (χ2n) is 7.52. The number of carbonyl (C=O) groups is 1. The van der Waals surface area contributed by atoms with Gasteiger partial charge < -0.3 is 4.74 Å². The van der Waals surface area contributed by atoms with Gasteiger partial charge in [-0.15, -0.1) is 0 Å². The predicted octanol–water partition coefficient (Wildman–Crippen LogP) is 6.52. The molecule has 0 aromatic rings. The van der Waals surface area contributed by atoms with E-state index < -0.39 is 0 Å². The third kappa shape index (κ3) is 17.5. The second-order valence-corrected chi connectivity index (χ2v) is 7.52. The summed E-state index contributed by atoms with van der Waals surface area (Å²) < 4.78 is 5.28. The summed E-state index contributed by atoms with van der Waals surface area (Å²) in [5.41, 5.74) is 0. The lowest BCUT2D eigenvalue weighted by molar-refractivity contribution is -0.143. The Morgan fingerprint density at radius 1 is 0.682 bits per heavy atom. The van der Waals surface area contributed by atoms with Gasteiger partial charge in [0.05, 0.1) is 6.61 Å². The lowest BCUT2D eigenvalue weighted by atomic mass is 10.0. The third-order valence-corrected chi connectivity index (χ3v) is 4.10. The number of carbonyl (C=O) groups excluding carboxylic acids is 1. The summed E-state index contributed by atoms with van der Waals surface area (Å²) in [6, 6.07) is 0. The molecule has 0 aliphatic rings. The van der Waals surface area contributed by atoms with Crippen molar-refractivity contribution in [3.05, 3.63) is 0 Å². The zero-order valence-corrected chi connectivity index (χ0v) is 15.7. The highest BCUT2D eigenvalue weighted by atomic mass is 16.5. The van der Waals surface area contributed by atoms with Crippen molar-refractivity contribution >= 4 is 5.97 Å². The van der Waals surface area contributed by atoms with Gasteiger partial charge in [-0.05, 0) is 24.7 Å². The first-order valence-corrected chi connectivity index (χ1v) is 9.68. The van der Waals surface area contributed by atoms with Crippen LogP contribution in [0.25, 0.3) is 0 Å². The minimum absolute atomic E-state index is 0.00340. The van der Waals surface area contributed by atoms with Gasteiger partial charge in [-0.2, -0.15) is 0 Å². The van der Waals surface area contributed by atoms with Crippen LogP contribution >= 0.6 is 0 Å². The molecule has 0 spiro atoms. The molecule has 0 aromatic carbocycles. The fourth-order valence-electron chi connectivity index (χ4n) is 2.62. The molecule has 0 N–H and O–H groups in total. The highest BCUT2D eigenvalue weighted by Crippen LogP contribution is 2.12. The average molecular weight is 313 g/mol. The Hall–Kier alpha value is -0.530. The van der Waals surface area contributed by atoms with Crippen molar-refractivity contribution in [1.82, 2.24) is 0 Å². The first-order valence-electron chi connectivity index (χ1n) is 9.68. The maximum atomic E-state index is 11.6. The van der Waals surface area contributed by atoms with E-state index >= 15 is 0 Å². The number of hydrogen-bond donors (Lipinski definition) is 0. The molecule has 0 radical (unpaired) electrons. The summed E-state index contributed by atoms with van der Waals surface area (Å²) in [5.74, 6) is 1.62. The van der Waals surface area contributed by atoms with E-state index in [2.05, 4.69) is 27.7 Å². The van der Waals surface area contributed by atoms with Gasteiger partial charge in [0.25, 0.3) is 0 Å². The van der Waals surface area contributed by atoms with Gasteiger partial charge in [-0.3, -0.25) is 4.79 Å². The molecule has 0 aliphatic carbocycles. The second kappa shape index (κ2) is 15.4. The van der Waals surface area contributed by atoms with E-state index in [0.717, 1.165) is 24.7 Å². The van der Waals surface area contributed by atoms with Crippen LogP contribution < -0.4 is 0 Å². The molecule has 0 unspecified atom stereocenters. The molecule has 0 bridgehead atoms. The molecule has 0 fully saturated rings. The van der Waals surface area contributed by atoms with E-state index in [1.54, 1.807) is 0 Å². The zero-order valence-electron chi connectivity index (χ0n) is 15.7. The van der Waals surface area contributed by atoms with Crippen LogP contribution in [0.3, 0.4) is 0 Å². The number of unbranched alkanes of at least 4 members (excludes halogenated alkanes) is 7. The van der Waals surface area contributed by atoms with Crippen LogP contribution in [0.1, 0.15) is 105 Å². The molecule has 2 heteroatoms. The smallest absolute Gasteiger partial charge is 0.305 e. The predicted molar refractivity (Wildman–Crippen MR) is 96.0 cm³/mol. The summed E-state index contributed by atoms with van der Waals surface area (Å²) >= 11 is 0. The lowest BCUT2D eigenvalue weighted by Gasteiger charge is -2.06. The molecule has 0 saturated heterocycles. The summed E-state index contributed by atoms with van der Waals surface area (Å²) in [6.07, 6.45) is 14.2. The molecule has 2 nitrogen and oxygen atoms in total. The van der Waals surface area contributed by atoms with Gasteiger partial charge in [0, 0.05) is 6.42 Å². The van der Waals surface area contributed by atoms with Crippen molar-refractivity contribution < 1.29 is 9.53 Å². The van der Waals surface area contributed by atoms with Gasteiger partial charge >= 0.3 is 5.97 Å². The molecule has 0 amide bonds. The largest absolute Gasteiger partial charge is 0.466 e. The Bertz CT molecular complexity index is 246. The van der Waals surface area contributed by atoms with Crippen molar-refractivity contribution in [2.45, 2.75) is 105 Å². The van der Waals surface area contributed by atoms with Crippen LogP contribution in [0.2, 0.25) is 0 Å². The van der Waals surface area contributed by atoms with Gasteiger partial charge in [-0.25, -0.2) is 0 Å². The Morgan fingerprint density at radius 3 is 1.68 bits per heavy atom. The van der Waals surface area contributed by atoms with Crippen LogP contribution in [-0.4, -0.2) is 12.6 Å². The van der Waals surface area contributed by atoms with E-state index in [4.69, 9.17) is 4.74 Å². The molecule has 0 atom stereocenters. The van der Waals surface area contributed by atoms with Crippen molar-refractivity contribution in [3.8, 4) is 0 Å². The van der Waals surface area contributed by atoms with Crippen LogP contribution in [0, 0.1) is 11.8 Å². The number of esters is 1. The summed E-state index contributed by atoms with van der Waals surface area (Å²) in [5, 5.41) is 0. The van der Waals surface area contributed by atoms with Crippen molar-refractivity contribution in [2.75, 3.05) is 6.61 Å². The molecule has 0 heterocycles. The SMILES string of the molecule is CC(C)CCCCCCCCC(=O)OCCCCCC(C)C. The lowest BCUT2D eigenvalue weighted by Crippen LogP contribution is -2.05. The van der Waals surface area contributed by atoms with E-state index in [1.165, 1.54) is 57.8 Å².